The zero-order chi connectivity index (χ0) is 19.2. The number of methoxy groups -OCH3 is 1. The molecule has 1 aromatic heterocycles. The van der Waals surface area contributed by atoms with Gasteiger partial charge in [0.05, 0.1) is 18.8 Å². The third-order valence-corrected chi connectivity index (χ3v) is 7.96. The highest BCUT2D eigenvalue weighted by Gasteiger charge is 2.52. The van der Waals surface area contributed by atoms with Crippen LogP contribution in [0.1, 0.15) is 6.42 Å². The summed E-state index contributed by atoms with van der Waals surface area (Å²) >= 11 is 1.10. The third-order valence-electron chi connectivity index (χ3n) is 4.71. The average Bonchev–Trinajstić information content (AvgIpc) is 3.32. The number of fused-ring (bicyclic) bond motifs is 1. The molecule has 142 valence electrons. The number of anilines is 1. The minimum absolute atomic E-state index is 0.174. The summed E-state index contributed by atoms with van der Waals surface area (Å²) in [5, 5.41) is 4.44. The quantitative estimate of drug-likeness (QED) is 0.831. The van der Waals surface area contributed by atoms with Crippen LogP contribution in [0.5, 0.6) is 5.75 Å². The molecule has 2 aliphatic rings. The van der Waals surface area contributed by atoms with Crippen molar-refractivity contribution in [3.05, 3.63) is 41.8 Å². The number of nitrogens with zero attached hydrogens (tertiary/aromatic N) is 2. The molecule has 2 aromatic rings. The Bertz CT molecular complexity index is 990. The molecule has 0 unspecified atom stereocenters. The number of imide groups is 1. The molecule has 2 atom stereocenters. The first-order valence-electron chi connectivity index (χ1n) is 8.27. The number of ether oxygens (including phenoxy) is 1. The number of sulfonamides is 1. The Kier molecular flexibility index (Phi) is 4.41. The predicted octanol–water partition coefficient (Wildman–Crippen LogP) is 1.64. The highest BCUT2D eigenvalue weighted by molar-refractivity contribution is 7.91. The molecule has 1 aromatic carbocycles. The molecule has 0 saturated carbocycles. The molecule has 10 heteroatoms. The summed E-state index contributed by atoms with van der Waals surface area (Å²) in [6.45, 7) is 0.174. The first kappa shape index (κ1) is 18.0. The van der Waals surface area contributed by atoms with Gasteiger partial charge < -0.3 is 10.1 Å². The Morgan fingerprint density at radius 1 is 1.22 bits per heavy atom. The second-order valence-electron chi connectivity index (χ2n) is 6.21. The SMILES string of the molecule is COc1cccc(N2C(=O)N[C@@H]3CCN(S(=O)(=O)c4cccs4)[C@H]3C2=O)c1. The van der Waals surface area contributed by atoms with Gasteiger partial charge in [-0.2, -0.15) is 4.31 Å². The molecule has 27 heavy (non-hydrogen) atoms. The molecule has 3 amide bonds. The first-order valence-corrected chi connectivity index (χ1v) is 10.6. The second kappa shape index (κ2) is 6.63. The van der Waals surface area contributed by atoms with Crippen LogP contribution in [-0.2, 0) is 14.8 Å². The van der Waals surface area contributed by atoms with Crippen LogP contribution in [-0.4, -0.2) is 50.4 Å². The third kappa shape index (κ3) is 2.89. The number of urea groups is 1. The molecule has 8 nitrogen and oxygen atoms in total. The number of thiophene rings is 1. The minimum atomic E-state index is -3.81. The molecular formula is C17H17N3O5S2. The van der Waals surface area contributed by atoms with E-state index in [4.69, 9.17) is 4.74 Å². The Balaban J connectivity index is 1.71. The molecule has 2 saturated heterocycles. The number of carbonyl (C=O) groups is 2. The van der Waals surface area contributed by atoms with E-state index in [-0.39, 0.29) is 10.8 Å². The normalized spacial score (nSPS) is 23.2. The molecule has 3 heterocycles. The van der Waals surface area contributed by atoms with Crippen LogP contribution in [0.4, 0.5) is 10.5 Å². The van der Waals surface area contributed by atoms with E-state index in [2.05, 4.69) is 5.32 Å². The van der Waals surface area contributed by atoms with Gasteiger partial charge in [0.25, 0.3) is 15.9 Å². The maximum atomic E-state index is 13.2. The van der Waals surface area contributed by atoms with Crippen LogP contribution in [0.3, 0.4) is 0 Å². The van der Waals surface area contributed by atoms with Gasteiger partial charge in [-0.1, -0.05) is 12.1 Å². The van der Waals surface area contributed by atoms with Crippen LogP contribution in [0.25, 0.3) is 0 Å². The van der Waals surface area contributed by atoms with Crippen molar-refractivity contribution in [1.29, 1.82) is 0 Å². The van der Waals surface area contributed by atoms with Gasteiger partial charge in [0.15, 0.2) is 0 Å². The number of hydrogen-bond donors (Lipinski definition) is 1. The van der Waals surface area contributed by atoms with Crippen molar-refractivity contribution < 1.29 is 22.7 Å². The van der Waals surface area contributed by atoms with Gasteiger partial charge in [0.2, 0.25) is 0 Å². The smallest absolute Gasteiger partial charge is 0.329 e. The first-order chi connectivity index (χ1) is 12.9. The number of amides is 3. The van der Waals surface area contributed by atoms with E-state index >= 15 is 0 Å². The lowest BCUT2D eigenvalue weighted by atomic mass is 10.1. The molecule has 2 fully saturated rings. The molecule has 0 aliphatic carbocycles. The van der Waals surface area contributed by atoms with Crippen molar-refractivity contribution >= 4 is 39.0 Å². The molecule has 0 spiro atoms. The average molecular weight is 407 g/mol. The van der Waals surface area contributed by atoms with Gasteiger partial charge in [0, 0.05) is 12.6 Å². The maximum absolute atomic E-state index is 13.2. The van der Waals surface area contributed by atoms with Crippen molar-refractivity contribution in [2.45, 2.75) is 22.7 Å². The number of carbonyl (C=O) groups excluding carboxylic acids is 2. The second-order valence-corrected chi connectivity index (χ2v) is 9.28. The predicted molar refractivity (Wildman–Crippen MR) is 99.4 cm³/mol. The molecular weight excluding hydrogens is 390 g/mol. The number of rotatable bonds is 4. The van der Waals surface area contributed by atoms with Crippen LogP contribution in [0, 0.1) is 0 Å². The van der Waals surface area contributed by atoms with Gasteiger partial charge in [-0.3, -0.25) is 4.79 Å². The van der Waals surface area contributed by atoms with Gasteiger partial charge in [-0.25, -0.2) is 18.1 Å². The number of benzene rings is 1. The highest BCUT2D eigenvalue weighted by Crippen LogP contribution is 2.33. The molecule has 0 bridgehead atoms. The van der Waals surface area contributed by atoms with E-state index in [1.807, 2.05) is 0 Å². The van der Waals surface area contributed by atoms with Crippen molar-refractivity contribution in [2.24, 2.45) is 0 Å². The van der Waals surface area contributed by atoms with Crippen LogP contribution < -0.4 is 15.0 Å². The molecule has 0 radical (unpaired) electrons. The van der Waals surface area contributed by atoms with Crippen LogP contribution in [0.15, 0.2) is 46.0 Å². The largest absolute Gasteiger partial charge is 0.497 e. The van der Waals surface area contributed by atoms with E-state index in [9.17, 15) is 18.0 Å². The molecule has 4 rings (SSSR count). The summed E-state index contributed by atoms with van der Waals surface area (Å²) in [6.07, 6.45) is 0.388. The number of hydrogen-bond acceptors (Lipinski definition) is 6. The standard InChI is InChI=1S/C17H17N3O5S2/c1-25-12-5-2-4-11(10-12)20-16(21)15-13(18-17(20)22)7-8-19(15)27(23,24)14-6-3-9-26-14/h2-6,9-10,13,15H,7-8H2,1H3,(H,18,22)/t13-,15-/m1/s1. The van der Waals surface area contributed by atoms with Gasteiger partial charge >= 0.3 is 6.03 Å². The fraction of sp³-hybridized carbons (Fsp3) is 0.294. The highest BCUT2D eigenvalue weighted by atomic mass is 32.2. The summed E-state index contributed by atoms with van der Waals surface area (Å²) in [5.41, 5.74) is 0.329. The van der Waals surface area contributed by atoms with Crippen molar-refractivity contribution in [2.75, 3.05) is 18.6 Å². The summed E-state index contributed by atoms with van der Waals surface area (Å²) in [7, 11) is -2.32. The minimum Gasteiger partial charge on any atom is -0.497 e. The maximum Gasteiger partial charge on any atom is 0.329 e. The zero-order valence-electron chi connectivity index (χ0n) is 14.4. The van der Waals surface area contributed by atoms with Crippen molar-refractivity contribution in [3.8, 4) is 5.75 Å². The molecule has 2 aliphatic heterocycles. The van der Waals surface area contributed by atoms with Gasteiger partial charge in [0.1, 0.15) is 16.0 Å². The van der Waals surface area contributed by atoms with E-state index < -0.39 is 34.0 Å². The zero-order valence-corrected chi connectivity index (χ0v) is 16.0. The topological polar surface area (TPSA) is 96.0 Å². The van der Waals surface area contributed by atoms with Crippen LogP contribution in [0.2, 0.25) is 0 Å². The van der Waals surface area contributed by atoms with Crippen molar-refractivity contribution in [1.82, 2.24) is 9.62 Å². The van der Waals surface area contributed by atoms with E-state index in [1.165, 1.54) is 17.5 Å². The Morgan fingerprint density at radius 2 is 2.04 bits per heavy atom. The summed E-state index contributed by atoms with van der Waals surface area (Å²) in [5.74, 6) is -0.0701. The fourth-order valence-corrected chi connectivity index (χ4v) is 6.21. The fourth-order valence-electron chi connectivity index (χ4n) is 3.46. The van der Waals surface area contributed by atoms with E-state index in [0.717, 1.165) is 16.2 Å². The lowest BCUT2D eigenvalue weighted by molar-refractivity contribution is -0.122. The Hall–Kier alpha value is -2.43. The molecule has 1 N–H and O–H groups in total. The van der Waals surface area contributed by atoms with E-state index in [1.54, 1.807) is 35.7 Å². The Morgan fingerprint density at radius 3 is 2.74 bits per heavy atom. The number of nitrogens with one attached hydrogen (secondary N) is 1. The summed E-state index contributed by atoms with van der Waals surface area (Å²) in [6, 6.07) is 7.61. The Labute approximate surface area is 160 Å². The summed E-state index contributed by atoms with van der Waals surface area (Å²) in [4.78, 5) is 26.7. The van der Waals surface area contributed by atoms with Gasteiger partial charge in [-0.15, -0.1) is 11.3 Å². The van der Waals surface area contributed by atoms with Gasteiger partial charge in [-0.05, 0) is 30.0 Å². The summed E-state index contributed by atoms with van der Waals surface area (Å²) < 4.78 is 32.4. The lowest BCUT2D eigenvalue weighted by Gasteiger charge is -2.36. The lowest BCUT2D eigenvalue weighted by Crippen LogP contribution is -2.64. The van der Waals surface area contributed by atoms with Crippen LogP contribution >= 0.6 is 11.3 Å². The van der Waals surface area contributed by atoms with E-state index in [0.29, 0.717) is 17.9 Å². The monoisotopic (exact) mass is 407 g/mol. The van der Waals surface area contributed by atoms with Crippen molar-refractivity contribution in [3.63, 3.8) is 0 Å².